The minimum atomic E-state index is 1.05. The van der Waals surface area contributed by atoms with E-state index in [0.29, 0.717) is 0 Å². The third kappa shape index (κ3) is 1.19. The van der Waals surface area contributed by atoms with Crippen molar-refractivity contribution >= 4 is 16.8 Å². The molecule has 0 heteroatoms. The van der Waals surface area contributed by atoms with Crippen molar-refractivity contribution in [3.63, 3.8) is 0 Å². The van der Waals surface area contributed by atoms with Crippen LogP contribution in [0.1, 0.15) is 23.1 Å². The van der Waals surface area contributed by atoms with Gasteiger partial charge in [0, 0.05) is 23.4 Å². The van der Waals surface area contributed by atoms with Crippen molar-refractivity contribution in [3.8, 4) is 11.1 Å². The van der Waals surface area contributed by atoms with Gasteiger partial charge in [-0.1, -0.05) is 24.3 Å². The summed E-state index contributed by atoms with van der Waals surface area (Å²) in [5, 5.41) is 2.67. The zero-order chi connectivity index (χ0) is 13.1. The van der Waals surface area contributed by atoms with E-state index in [4.69, 9.17) is 0 Å². The molecule has 3 aromatic rings. The van der Waals surface area contributed by atoms with E-state index < -0.39 is 0 Å². The molecular weight excluding hydrogens is 240 g/mol. The Bertz CT molecular complexity index is 884. The molecule has 3 aromatic carbocycles. The summed E-state index contributed by atoms with van der Waals surface area (Å²) in [5.41, 5.74) is 7.06. The molecule has 0 heterocycles. The normalized spacial score (nSPS) is 14.5. The molecule has 0 spiro atoms. The molecule has 0 aromatic heterocycles. The third-order valence-corrected chi connectivity index (χ3v) is 4.52. The first kappa shape index (κ1) is 10.3. The maximum absolute atomic E-state index is 2.36. The first-order valence-electron chi connectivity index (χ1n) is 7.11. The fourth-order valence-corrected chi connectivity index (χ4v) is 3.63. The summed E-state index contributed by atoms with van der Waals surface area (Å²) in [7, 11) is 0. The fourth-order valence-electron chi connectivity index (χ4n) is 3.63. The van der Waals surface area contributed by atoms with E-state index in [1.165, 1.54) is 44.5 Å². The summed E-state index contributed by atoms with van der Waals surface area (Å²) < 4.78 is 0. The van der Waals surface area contributed by atoms with Gasteiger partial charge >= 0.3 is 0 Å². The summed E-state index contributed by atoms with van der Waals surface area (Å²) in [6.07, 6.45) is 5.59. The van der Waals surface area contributed by atoms with Crippen molar-refractivity contribution in [3.05, 3.63) is 83.3 Å². The van der Waals surface area contributed by atoms with Crippen LogP contribution in [0.15, 0.2) is 60.7 Å². The third-order valence-electron chi connectivity index (χ3n) is 4.52. The minimum Gasteiger partial charge on any atom is -0.0640 e. The van der Waals surface area contributed by atoms with Crippen LogP contribution in [0.5, 0.6) is 0 Å². The molecule has 0 bridgehead atoms. The Morgan fingerprint density at radius 1 is 0.800 bits per heavy atom. The Balaban J connectivity index is 1.91. The highest BCUT2D eigenvalue weighted by atomic mass is 14.3. The second kappa shape index (κ2) is 3.55. The van der Waals surface area contributed by atoms with E-state index in [9.17, 15) is 0 Å². The van der Waals surface area contributed by atoms with Gasteiger partial charge in [-0.05, 0) is 41.8 Å². The summed E-state index contributed by atoms with van der Waals surface area (Å²) in [4.78, 5) is 0. The van der Waals surface area contributed by atoms with Gasteiger partial charge in [-0.3, -0.25) is 0 Å². The molecule has 0 radical (unpaired) electrons. The Morgan fingerprint density at radius 2 is 1.65 bits per heavy atom. The number of rotatable bonds is 0. The van der Waals surface area contributed by atoms with Crippen molar-refractivity contribution < 1.29 is 0 Å². The van der Waals surface area contributed by atoms with Gasteiger partial charge in [-0.2, -0.15) is 0 Å². The lowest BCUT2D eigenvalue weighted by Gasteiger charge is -2.11. The van der Waals surface area contributed by atoms with Crippen molar-refractivity contribution in [2.45, 2.75) is 6.42 Å². The molecule has 0 unspecified atom stereocenters. The van der Waals surface area contributed by atoms with Crippen LogP contribution in [0.3, 0.4) is 0 Å². The smallest absolute Gasteiger partial charge is 0.0640 e. The second-order valence-electron chi connectivity index (χ2n) is 5.60. The Hall–Kier alpha value is -2.47. The van der Waals surface area contributed by atoms with Gasteiger partial charge in [0.1, 0.15) is 0 Å². The van der Waals surface area contributed by atoms with Crippen molar-refractivity contribution in [2.75, 3.05) is 0 Å². The van der Waals surface area contributed by atoms with Crippen molar-refractivity contribution in [1.82, 2.24) is 0 Å². The van der Waals surface area contributed by atoms with E-state index in [0.717, 1.165) is 6.42 Å². The van der Waals surface area contributed by atoms with Crippen molar-refractivity contribution in [1.29, 1.82) is 0 Å². The highest BCUT2D eigenvalue weighted by Crippen LogP contribution is 2.50. The number of hydrogen-bond donors (Lipinski definition) is 0. The molecule has 5 rings (SSSR count). The lowest BCUT2D eigenvalue weighted by Crippen LogP contribution is -2.01. The largest absolute Gasteiger partial charge is 0.0993 e. The Morgan fingerprint density at radius 3 is 2.55 bits per heavy atom. The van der Waals surface area contributed by atoms with Crippen LogP contribution in [0.25, 0.3) is 28.0 Å². The summed E-state index contributed by atoms with van der Waals surface area (Å²) in [5.74, 6) is 1.50. The van der Waals surface area contributed by atoms with E-state index in [1.807, 2.05) is 0 Å². The van der Waals surface area contributed by atoms with E-state index in [-0.39, 0.29) is 0 Å². The van der Waals surface area contributed by atoms with Crippen LogP contribution < -0.4 is 0 Å². The predicted octanol–water partition coefficient (Wildman–Crippen LogP) is 5.21. The summed E-state index contributed by atoms with van der Waals surface area (Å²) in [6.45, 7) is 0. The number of benzene rings is 3. The quantitative estimate of drug-likeness (QED) is 0.482. The van der Waals surface area contributed by atoms with Gasteiger partial charge in [0.25, 0.3) is 0 Å². The topological polar surface area (TPSA) is 0 Å². The predicted molar refractivity (Wildman–Crippen MR) is 84.5 cm³/mol. The van der Waals surface area contributed by atoms with E-state index in [1.54, 1.807) is 0 Å². The highest BCUT2D eigenvalue weighted by molar-refractivity contribution is 5.97. The van der Waals surface area contributed by atoms with Crippen LogP contribution >= 0.6 is 0 Å². The number of allylic oxidation sites excluding steroid dienone is 1. The summed E-state index contributed by atoms with van der Waals surface area (Å²) in [6, 6.07) is 20.0. The van der Waals surface area contributed by atoms with Gasteiger partial charge in [0.15, 0.2) is 0 Å². The molecule has 20 heavy (non-hydrogen) atoms. The molecule has 0 fully saturated rings. The molecule has 0 amide bonds. The average Bonchev–Trinajstić information content (AvgIpc) is 2.82. The molecule has 0 saturated carbocycles. The molecule has 92 valence electrons. The fraction of sp³-hybridized carbons (Fsp3) is 0.0500. The molecule has 0 saturated heterocycles. The zero-order valence-electron chi connectivity index (χ0n) is 11.1. The second-order valence-corrected chi connectivity index (χ2v) is 5.60. The molecule has 0 atom stereocenters. The van der Waals surface area contributed by atoms with Crippen LogP contribution in [0.4, 0.5) is 0 Å². The molecular formula is C20H13+. The van der Waals surface area contributed by atoms with Gasteiger partial charge in [0.05, 0.1) is 28.2 Å². The molecule has 0 nitrogen and oxygen atoms in total. The highest BCUT2D eigenvalue weighted by Gasteiger charge is 2.39. The Kier molecular flexibility index (Phi) is 1.83. The lowest BCUT2D eigenvalue weighted by molar-refractivity contribution is 1.09. The van der Waals surface area contributed by atoms with Crippen LogP contribution in [-0.2, 0) is 0 Å². The van der Waals surface area contributed by atoms with Crippen molar-refractivity contribution in [2.24, 2.45) is 0 Å². The molecule has 2 aliphatic rings. The maximum atomic E-state index is 2.36. The monoisotopic (exact) mass is 253 g/mol. The molecule has 0 N–H and O–H groups in total. The SMILES string of the molecule is C1=Cc2cccc3c2[C+](C1)c1cc2ccccc2cc1-3. The lowest BCUT2D eigenvalue weighted by atomic mass is 9.86. The summed E-state index contributed by atoms with van der Waals surface area (Å²) >= 11 is 0. The first-order chi connectivity index (χ1) is 9.92. The average molecular weight is 253 g/mol. The van der Waals surface area contributed by atoms with Gasteiger partial charge in [-0.15, -0.1) is 0 Å². The Labute approximate surface area is 118 Å². The van der Waals surface area contributed by atoms with Gasteiger partial charge in [-0.25, -0.2) is 0 Å². The van der Waals surface area contributed by atoms with E-state index >= 15 is 0 Å². The first-order valence-corrected chi connectivity index (χ1v) is 7.11. The van der Waals surface area contributed by atoms with Gasteiger partial charge < -0.3 is 0 Å². The number of fused-ring (bicyclic) bond motifs is 4. The van der Waals surface area contributed by atoms with E-state index in [2.05, 4.69) is 66.7 Å². The van der Waals surface area contributed by atoms with Crippen LogP contribution in [0, 0.1) is 5.92 Å². The molecule has 2 aliphatic carbocycles. The van der Waals surface area contributed by atoms with Crippen LogP contribution in [-0.4, -0.2) is 0 Å². The zero-order valence-corrected chi connectivity index (χ0v) is 11.1. The number of hydrogen-bond acceptors (Lipinski definition) is 0. The minimum absolute atomic E-state index is 1.05. The standard InChI is InChI=1S/C20H13/c1-2-6-15-12-19-17-10-4-8-13-7-3-9-16(20(13)17)18(19)11-14(15)5-1/h1-9,11-12H,10H2/q+1. The van der Waals surface area contributed by atoms with Crippen LogP contribution in [0.2, 0.25) is 0 Å². The molecule has 0 aliphatic heterocycles. The van der Waals surface area contributed by atoms with Gasteiger partial charge in [0.2, 0.25) is 0 Å². The maximum Gasteiger partial charge on any atom is 0.0993 e.